The second-order valence-corrected chi connectivity index (χ2v) is 9.06. The van der Waals surface area contributed by atoms with Crippen LogP contribution in [-0.2, 0) is 4.79 Å². The number of nitrogens with zero attached hydrogens (tertiary/aromatic N) is 4. The number of para-hydroxylation sites is 2. The van der Waals surface area contributed by atoms with Gasteiger partial charge in [-0.2, -0.15) is 9.50 Å². The maximum absolute atomic E-state index is 13.2. The lowest BCUT2D eigenvalue weighted by molar-refractivity contribution is -0.112. The highest BCUT2D eigenvalue weighted by Crippen LogP contribution is 2.37. The zero-order valence-corrected chi connectivity index (χ0v) is 18.4. The zero-order chi connectivity index (χ0) is 21.3. The summed E-state index contributed by atoms with van der Waals surface area (Å²) in [5, 5.41) is 4.37. The van der Waals surface area contributed by atoms with Crippen molar-refractivity contribution < 1.29 is 14.3 Å². The number of rotatable bonds is 1. The van der Waals surface area contributed by atoms with Crippen LogP contribution in [0.15, 0.2) is 51.7 Å². The molecule has 0 saturated heterocycles. The molecule has 154 valence electrons. The fourth-order valence-electron chi connectivity index (χ4n) is 3.80. The number of hydrogen-bond donors (Lipinski definition) is 0. The first kappa shape index (κ1) is 18.5. The molecule has 2 aliphatic heterocycles. The topological polar surface area (TPSA) is 86.0 Å². The summed E-state index contributed by atoms with van der Waals surface area (Å²) in [6, 6.07) is 12.9. The third-order valence-corrected chi connectivity index (χ3v) is 6.83. The average Bonchev–Trinajstić information content (AvgIpc) is 3.40. The third kappa shape index (κ3) is 2.71. The van der Waals surface area contributed by atoms with E-state index in [0.29, 0.717) is 38.0 Å². The van der Waals surface area contributed by atoms with Gasteiger partial charge in [0, 0.05) is 17.1 Å². The van der Waals surface area contributed by atoms with E-state index in [-0.39, 0.29) is 18.1 Å². The lowest BCUT2D eigenvalue weighted by atomic mass is 10.1. The molecule has 8 nitrogen and oxygen atoms in total. The molecule has 2 aromatic carbocycles. The smallest absolute Gasteiger partial charge is 0.291 e. The molecule has 0 saturated carbocycles. The summed E-state index contributed by atoms with van der Waals surface area (Å²) in [5.41, 5.74) is 1.47. The van der Waals surface area contributed by atoms with E-state index in [4.69, 9.17) is 9.47 Å². The van der Waals surface area contributed by atoms with E-state index in [1.54, 1.807) is 11.9 Å². The maximum atomic E-state index is 13.2. The standard InChI is InChI=1S/C21H13BrN4O4S/c1-25-12-7-6-10(22)8-11(12)16(19(25)27)17-20(28)26-21(31-17)23-18(24-26)15-9-29-13-4-2-3-5-14(13)30-15/h2-8,15H,9H2,1H3. The van der Waals surface area contributed by atoms with Gasteiger partial charge in [-0.05, 0) is 30.3 Å². The van der Waals surface area contributed by atoms with Gasteiger partial charge >= 0.3 is 0 Å². The predicted octanol–water partition coefficient (Wildman–Crippen LogP) is 2.32. The Labute approximate surface area is 187 Å². The van der Waals surface area contributed by atoms with Crippen molar-refractivity contribution in [3.63, 3.8) is 0 Å². The molecule has 0 N–H and O–H groups in total. The van der Waals surface area contributed by atoms with Crippen LogP contribution in [0.25, 0.3) is 10.5 Å². The number of fused-ring (bicyclic) bond motifs is 3. The molecule has 0 spiro atoms. The van der Waals surface area contributed by atoms with Crippen molar-refractivity contribution in [2.45, 2.75) is 6.10 Å². The van der Waals surface area contributed by atoms with Crippen molar-refractivity contribution in [2.24, 2.45) is 0 Å². The number of aromatic nitrogens is 3. The van der Waals surface area contributed by atoms with Gasteiger partial charge in [-0.1, -0.05) is 39.4 Å². The molecule has 1 atom stereocenters. The summed E-state index contributed by atoms with van der Waals surface area (Å²) in [5.74, 6) is 1.41. The summed E-state index contributed by atoms with van der Waals surface area (Å²) in [6.45, 7) is 0.248. The number of hydrogen-bond acceptors (Lipinski definition) is 7. The molecule has 2 aromatic heterocycles. The fourth-order valence-corrected chi connectivity index (χ4v) is 5.16. The van der Waals surface area contributed by atoms with Crippen LogP contribution in [0.2, 0.25) is 0 Å². The largest absolute Gasteiger partial charge is 0.485 e. The van der Waals surface area contributed by atoms with E-state index >= 15 is 0 Å². The van der Waals surface area contributed by atoms with Crippen LogP contribution < -0.4 is 24.5 Å². The van der Waals surface area contributed by atoms with Gasteiger partial charge in [0.2, 0.25) is 4.96 Å². The van der Waals surface area contributed by atoms with E-state index in [2.05, 4.69) is 26.0 Å². The Bertz CT molecular complexity index is 1510. The molecule has 0 radical (unpaired) electrons. The van der Waals surface area contributed by atoms with Crippen molar-refractivity contribution >= 4 is 49.4 Å². The van der Waals surface area contributed by atoms with Gasteiger partial charge in [0.25, 0.3) is 11.5 Å². The molecule has 0 bridgehead atoms. The molecule has 1 unspecified atom stereocenters. The fraction of sp³-hybridized carbons (Fsp3) is 0.143. The molecule has 6 rings (SSSR count). The normalized spacial score (nSPS) is 19.2. The number of thiazole rings is 1. The zero-order valence-electron chi connectivity index (χ0n) is 16.0. The van der Waals surface area contributed by atoms with Crippen molar-refractivity contribution in [1.29, 1.82) is 0 Å². The molecule has 10 heteroatoms. The number of anilines is 1. The Morgan fingerprint density at radius 2 is 1.97 bits per heavy atom. The van der Waals surface area contributed by atoms with Crippen molar-refractivity contribution in [1.82, 2.24) is 14.6 Å². The average molecular weight is 497 g/mol. The molecule has 2 aliphatic rings. The minimum absolute atomic E-state index is 0.226. The van der Waals surface area contributed by atoms with Gasteiger partial charge in [-0.25, -0.2) is 0 Å². The Balaban J connectivity index is 1.47. The Hall–Kier alpha value is -3.24. The molecular formula is C21H13BrN4O4S. The van der Waals surface area contributed by atoms with E-state index < -0.39 is 6.10 Å². The highest BCUT2D eigenvalue weighted by Gasteiger charge is 2.33. The monoisotopic (exact) mass is 496 g/mol. The first-order valence-corrected chi connectivity index (χ1v) is 11.0. The summed E-state index contributed by atoms with van der Waals surface area (Å²) in [7, 11) is 1.69. The second kappa shape index (κ2) is 6.63. The van der Waals surface area contributed by atoms with E-state index in [0.717, 1.165) is 21.5 Å². The van der Waals surface area contributed by atoms with Crippen LogP contribution in [0.4, 0.5) is 5.69 Å². The lowest BCUT2D eigenvalue weighted by Crippen LogP contribution is -2.31. The maximum Gasteiger partial charge on any atom is 0.291 e. The van der Waals surface area contributed by atoms with Gasteiger partial charge in [0.05, 0.1) is 11.3 Å². The Morgan fingerprint density at radius 3 is 2.77 bits per heavy atom. The molecule has 1 amide bonds. The molecule has 0 fully saturated rings. The van der Waals surface area contributed by atoms with Gasteiger partial charge in [-0.3, -0.25) is 9.59 Å². The van der Waals surface area contributed by atoms with E-state index in [1.807, 2.05) is 42.5 Å². The highest BCUT2D eigenvalue weighted by atomic mass is 79.9. The van der Waals surface area contributed by atoms with Crippen LogP contribution in [0.5, 0.6) is 11.5 Å². The highest BCUT2D eigenvalue weighted by molar-refractivity contribution is 9.10. The summed E-state index contributed by atoms with van der Waals surface area (Å²) >= 11 is 4.59. The second-order valence-electron chi connectivity index (χ2n) is 7.17. The molecule has 31 heavy (non-hydrogen) atoms. The van der Waals surface area contributed by atoms with Crippen LogP contribution in [0.1, 0.15) is 17.5 Å². The molecule has 4 heterocycles. The van der Waals surface area contributed by atoms with Gasteiger partial charge in [0.15, 0.2) is 23.4 Å². The Kier molecular flexibility index (Phi) is 3.96. The first-order chi connectivity index (χ1) is 15.0. The first-order valence-electron chi connectivity index (χ1n) is 9.41. The minimum Gasteiger partial charge on any atom is -0.485 e. The van der Waals surface area contributed by atoms with Crippen LogP contribution in [-0.4, -0.2) is 34.2 Å². The molecule has 4 aromatic rings. The van der Waals surface area contributed by atoms with E-state index in [1.165, 1.54) is 4.52 Å². The predicted molar refractivity (Wildman–Crippen MR) is 118 cm³/mol. The molecular weight excluding hydrogens is 484 g/mol. The Morgan fingerprint density at radius 1 is 1.16 bits per heavy atom. The SMILES string of the molecule is CN1C(=O)C(=c2sc3nc(C4COc5ccccc5O4)nn3c2=O)c2cc(Br)ccc21. The van der Waals surface area contributed by atoms with Gasteiger partial charge < -0.3 is 14.4 Å². The van der Waals surface area contributed by atoms with Crippen molar-refractivity contribution in [2.75, 3.05) is 18.6 Å². The van der Waals surface area contributed by atoms with Crippen molar-refractivity contribution in [3.05, 3.63) is 73.2 Å². The number of ether oxygens (including phenoxy) is 2. The summed E-state index contributed by atoms with van der Waals surface area (Å²) in [6.07, 6.45) is -0.520. The van der Waals surface area contributed by atoms with Crippen LogP contribution >= 0.6 is 27.3 Å². The quantitative estimate of drug-likeness (QED) is 0.402. The summed E-state index contributed by atoms with van der Waals surface area (Å²) in [4.78, 5) is 32.5. The number of carbonyl (C=O) groups excluding carboxylic acids is 1. The summed E-state index contributed by atoms with van der Waals surface area (Å²) < 4.78 is 14.1. The minimum atomic E-state index is -0.520. The number of likely N-dealkylation sites (N-methyl/N-ethyl adjacent to an activating group) is 1. The van der Waals surface area contributed by atoms with Crippen molar-refractivity contribution in [3.8, 4) is 11.5 Å². The number of amides is 1. The van der Waals surface area contributed by atoms with Gasteiger partial charge in [-0.15, -0.1) is 5.10 Å². The van der Waals surface area contributed by atoms with Crippen LogP contribution in [0, 0.1) is 0 Å². The lowest BCUT2D eigenvalue weighted by Gasteiger charge is -2.24. The molecule has 0 aliphatic carbocycles. The van der Waals surface area contributed by atoms with Crippen LogP contribution in [0.3, 0.4) is 0 Å². The third-order valence-electron chi connectivity index (χ3n) is 5.31. The van der Waals surface area contributed by atoms with Gasteiger partial charge in [0.1, 0.15) is 11.1 Å². The number of carbonyl (C=O) groups is 1. The number of halogens is 1. The van der Waals surface area contributed by atoms with E-state index in [9.17, 15) is 9.59 Å². The number of benzene rings is 2.